The number of nitrogens with zero attached hydrogens (tertiary/aromatic N) is 2. The summed E-state index contributed by atoms with van der Waals surface area (Å²) in [5.41, 5.74) is 7.52. The molecule has 0 aliphatic carbocycles. The van der Waals surface area contributed by atoms with Gasteiger partial charge in [0.05, 0.1) is 0 Å². The molecule has 0 radical (unpaired) electrons. The Labute approximate surface area is 85.3 Å². The number of para-hydroxylation sites is 1. The van der Waals surface area contributed by atoms with E-state index in [0.717, 1.165) is 16.5 Å². The lowest BCUT2D eigenvalue weighted by Gasteiger charge is -1.91. The van der Waals surface area contributed by atoms with Gasteiger partial charge in [0.25, 0.3) is 0 Å². The summed E-state index contributed by atoms with van der Waals surface area (Å²) in [6.45, 7) is 0. The van der Waals surface area contributed by atoms with E-state index < -0.39 is 0 Å². The SMILES string of the molecule is Nc1n[nH]c(-c2c[nH]c3ccccc23)n1. The Bertz CT molecular complexity index is 607. The van der Waals surface area contributed by atoms with Crippen molar-refractivity contribution in [1.29, 1.82) is 0 Å². The number of benzene rings is 1. The van der Waals surface area contributed by atoms with E-state index in [4.69, 9.17) is 5.73 Å². The highest BCUT2D eigenvalue weighted by molar-refractivity contribution is 5.93. The van der Waals surface area contributed by atoms with Gasteiger partial charge in [0.2, 0.25) is 5.95 Å². The van der Waals surface area contributed by atoms with Crippen molar-refractivity contribution in [2.75, 3.05) is 5.73 Å². The Morgan fingerprint density at radius 3 is 2.87 bits per heavy atom. The summed E-state index contributed by atoms with van der Waals surface area (Å²) in [6, 6.07) is 8.01. The third-order valence-electron chi connectivity index (χ3n) is 2.35. The number of nitrogen functional groups attached to an aromatic ring is 1. The van der Waals surface area contributed by atoms with Crippen molar-refractivity contribution in [2.24, 2.45) is 0 Å². The predicted molar refractivity (Wildman–Crippen MR) is 58.1 cm³/mol. The molecule has 0 bridgehead atoms. The van der Waals surface area contributed by atoms with Crippen LogP contribution >= 0.6 is 0 Å². The second-order valence-corrected chi connectivity index (χ2v) is 3.29. The van der Waals surface area contributed by atoms with Crippen molar-refractivity contribution >= 4 is 16.9 Å². The highest BCUT2D eigenvalue weighted by Gasteiger charge is 2.08. The number of hydrogen-bond donors (Lipinski definition) is 3. The quantitative estimate of drug-likeness (QED) is 0.555. The zero-order valence-corrected chi connectivity index (χ0v) is 7.86. The number of hydrogen-bond acceptors (Lipinski definition) is 3. The van der Waals surface area contributed by atoms with Crippen LogP contribution < -0.4 is 5.73 Å². The Kier molecular flexibility index (Phi) is 1.53. The normalized spacial score (nSPS) is 10.9. The topological polar surface area (TPSA) is 83.4 Å². The average molecular weight is 199 g/mol. The van der Waals surface area contributed by atoms with Crippen LogP contribution in [0.5, 0.6) is 0 Å². The van der Waals surface area contributed by atoms with Crippen molar-refractivity contribution in [3.05, 3.63) is 30.5 Å². The maximum absolute atomic E-state index is 5.47. The maximum Gasteiger partial charge on any atom is 0.239 e. The standard InChI is InChI=1S/C10H9N5/c11-10-13-9(14-15-10)7-5-12-8-4-2-1-3-6(7)8/h1-5,12H,(H3,11,13,14,15). The van der Waals surface area contributed by atoms with E-state index in [1.807, 2.05) is 30.5 Å². The summed E-state index contributed by atoms with van der Waals surface area (Å²) in [6.07, 6.45) is 1.89. The van der Waals surface area contributed by atoms with Gasteiger partial charge < -0.3 is 10.7 Å². The van der Waals surface area contributed by atoms with Gasteiger partial charge in [-0.15, -0.1) is 5.10 Å². The first kappa shape index (κ1) is 8.05. The highest BCUT2D eigenvalue weighted by Crippen LogP contribution is 2.25. The maximum atomic E-state index is 5.47. The van der Waals surface area contributed by atoms with Crippen LogP contribution in [-0.2, 0) is 0 Å². The molecule has 0 saturated carbocycles. The fourth-order valence-electron chi connectivity index (χ4n) is 1.66. The van der Waals surface area contributed by atoms with Crippen molar-refractivity contribution in [1.82, 2.24) is 20.2 Å². The van der Waals surface area contributed by atoms with Crippen molar-refractivity contribution < 1.29 is 0 Å². The van der Waals surface area contributed by atoms with Gasteiger partial charge >= 0.3 is 0 Å². The lowest BCUT2D eigenvalue weighted by Crippen LogP contribution is -1.85. The van der Waals surface area contributed by atoms with E-state index in [1.165, 1.54) is 0 Å². The minimum Gasteiger partial charge on any atom is -0.366 e. The zero-order valence-electron chi connectivity index (χ0n) is 7.86. The largest absolute Gasteiger partial charge is 0.366 e. The van der Waals surface area contributed by atoms with Gasteiger partial charge in [-0.3, -0.25) is 5.10 Å². The molecule has 1 aromatic carbocycles. The first-order valence-corrected chi connectivity index (χ1v) is 4.59. The van der Waals surface area contributed by atoms with Gasteiger partial charge in [-0.1, -0.05) is 18.2 Å². The van der Waals surface area contributed by atoms with Gasteiger partial charge in [-0.05, 0) is 6.07 Å². The molecule has 0 aliphatic rings. The summed E-state index contributed by atoms with van der Waals surface area (Å²) in [5, 5.41) is 7.71. The van der Waals surface area contributed by atoms with Crippen LogP contribution in [0, 0.1) is 0 Å². The molecule has 15 heavy (non-hydrogen) atoms. The third kappa shape index (κ3) is 1.17. The van der Waals surface area contributed by atoms with Crippen LogP contribution in [0.1, 0.15) is 0 Å². The van der Waals surface area contributed by atoms with Crippen LogP contribution in [-0.4, -0.2) is 20.2 Å². The van der Waals surface area contributed by atoms with Gasteiger partial charge in [0, 0.05) is 22.7 Å². The summed E-state index contributed by atoms with van der Waals surface area (Å²) < 4.78 is 0. The van der Waals surface area contributed by atoms with E-state index in [2.05, 4.69) is 20.2 Å². The molecule has 2 aromatic heterocycles. The first-order valence-electron chi connectivity index (χ1n) is 4.59. The Hall–Kier alpha value is -2.30. The third-order valence-corrected chi connectivity index (χ3v) is 2.35. The van der Waals surface area contributed by atoms with E-state index in [9.17, 15) is 0 Å². The Balaban J connectivity index is 2.27. The van der Waals surface area contributed by atoms with E-state index in [0.29, 0.717) is 5.82 Å². The molecule has 0 saturated heterocycles. The molecule has 74 valence electrons. The number of aromatic nitrogens is 4. The zero-order chi connectivity index (χ0) is 10.3. The Morgan fingerprint density at radius 1 is 1.20 bits per heavy atom. The van der Waals surface area contributed by atoms with Crippen molar-refractivity contribution in [2.45, 2.75) is 0 Å². The van der Waals surface area contributed by atoms with Crippen molar-refractivity contribution in [3.63, 3.8) is 0 Å². The molecule has 0 aliphatic heterocycles. The number of rotatable bonds is 1. The molecule has 0 fully saturated rings. The average Bonchev–Trinajstić information content (AvgIpc) is 2.83. The van der Waals surface area contributed by atoms with Crippen LogP contribution in [0.25, 0.3) is 22.3 Å². The summed E-state index contributed by atoms with van der Waals surface area (Å²) in [4.78, 5) is 7.26. The molecule has 5 heteroatoms. The number of nitrogens with two attached hydrogens (primary N) is 1. The number of fused-ring (bicyclic) bond motifs is 1. The number of H-pyrrole nitrogens is 2. The first-order chi connectivity index (χ1) is 7.34. The van der Waals surface area contributed by atoms with Gasteiger partial charge in [-0.25, -0.2) is 0 Å². The Morgan fingerprint density at radius 2 is 2.07 bits per heavy atom. The lowest BCUT2D eigenvalue weighted by molar-refractivity contribution is 1.10. The number of anilines is 1. The lowest BCUT2D eigenvalue weighted by atomic mass is 10.2. The van der Waals surface area contributed by atoms with Crippen LogP contribution in [0.2, 0.25) is 0 Å². The highest BCUT2D eigenvalue weighted by atomic mass is 15.3. The molecule has 0 unspecified atom stereocenters. The summed E-state index contributed by atoms with van der Waals surface area (Å²) in [5.74, 6) is 0.945. The van der Waals surface area contributed by atoms with Crippen LogP contribution in [0.4, 0.5) is 5.95 Å². The van der Waals surface area contributed by atoms with Gasteiger partial charge in [0.1, 0.15) is 0 Å². The molecule has 0 amide bonds. The summed E-state index contributed by atoms with van der Waals surface area (Å²) in [7, 11) is 0. The fraction of sp³-hybridized carbons (Fsp3) is 0. The van der Waals surface area contributed by atoms with E-state index in [1.54, 1.807) is 0 Å². The molecule has 3 aromatic rings. The molecular formula is C10H9N5. The minimum absolute atomic E-state index is 0.260. The molecule has 4 N–H and O–H groups in total. The number of nitrogens with one attached hydrogen (secondary N) is 2. The summed E-state index contributed by atoms with van der Waals surface area (Å²) >= 11 is 0. The predicted octanol–water partition coefficient (Wildman–Crippen LogP) is 1.54. The molecule has 2 heterocycles. The fourth-order valence-corrected chi connectivity index (χ4v) is 1.66. The monoisotopic (exact) mass is 199 g/mol. The van der Waals surface area contributed by atoms with E-state index >= 15 is 0 Å². The second-order valence-electron chi connectivity index (χ2n) is 3.29. The molecule has 3 rings (SSSR count). The molecule has 0 spiro atoms. The number of aromatic amines is 2. The van der Waals surface area contributed by atoms with Gasteiger partial charge in [-0.2, -0.15) is 4.98 Å². The van der Waals surface area contributed by atoms with Crippen LogP contribution in [0.3, 0.4) is 0 Å². The van der Waals surface area contributed by atoms with E-state index in [-0.39, 0.29) is 5.95 Å². The van der Waals surface area contributed by atoms with Gasteiger partial charge in [0.15, 0.2) is 5.82 Å². The smallest absolute Gasteiger partial charge is 0.239 e. The minimum atomic E-state index is 0.260. The van der Waals surface area contributed by atoms with Crippen molar-refractivity contribution in [3.8, 4) is 11.4 Å². The molecule has 5 nitrogen and oxygen atoms in total. The molecular weight excluding hydrogens is 190 g/mol. The molecule has 0 atom stereocenters. The second kappa shape index (κ2) is 2.84. The van der Waals surface area contributed by atoms with Crippen LogP contribution in [0.15, 0.2) is 30.5 Å².